The van der Waals surface area contributed by atoms with Gasteiger partial charge in [-0.05, 0) is 60.0 Å². The predicted molar refractivity (Wildman–Crippen MR) is 113 cm³/mol. The van der Waals surface area contributed by atoms with Crippen molar-refractivity contribution in [3.63, 3.8) is 0 Å². The Morgan fingerprint density at radius 1 is 0.571 bits per heavy atom. The highest BCUT2D eigenvalue weighted by atomic mass is 19.3. The first kappa shape index (κ1) is 24.3. The van der Waals surface area contributed by atoms with E-state index in [-0.39, 0.29) is 28.0 Å². The van der Waals surface area contributed by atoms with Gasteiger partial charge in [-0.25, -0.2) is 26.3 Å². The van der Waals surface area contributed by atoms with Crippen LogP contribution in [0.25, 0.3) is 22.3 Å². The molecular formula is C26H14F8O. The molecule has 4 rings (SSSR count). The van der Waals surface area contributed by atoms with Crippen LogP contribution >= 0.6 is 0 Å². The van der Waals surface area contributed by atoms with E-state index in [0.717, 1.165) is 24.3 Å². The largest absolute Gasteiger partial charge is 0.429 e. The molecule has 0 saturated heterocycles. The van der Waals surface area contributed by atoms with Crippen LogP contribution in [0.15, 0.2) is 66.7 Å². The van der Waals surface area contributed by atoms with E-state index in [1.54, 1.807) is 0 Å². The molecule has 180 valence electrons. The van der Waals surface area contributed by atoms with Crippen molar-refractivity contribution in [2.75, 3.05) is 0 Å². The number of aryl methyl sites for hydroxylation is 1. The average molecular weight is 494 g/mol. The lowest BCUT2D eigenvalue weighted by Crippen LogP contribution is -2.22. The average Bonchev–Trinajstić information content (AvgIpc) is 2.81. The van der Waals surface area contributed by atoms with E-state index in [0.29, 0.717) is 18.2 Å². The zero-order valence-electron chi connectivity index (χ0n) is 17.8. The van der Waals surface area contributed by atoms with Gasteiger partial charge in [-0.15, -0.1) is 0 Å². The van der Waals surface area contributed by atoms with Crippen LogP contribution < -0.4 is 4.74 Å². The van der Waals surface area contributed by atoms with Gasteiger partial charge in [-0.2, -0.15) is 8.78 Å². The third-order valence-corrected chi connectivity index (χ3v) is 5.29. The molecule has 0 aliphatic rings. The van der Waals surface area contributed by atoms with Crippen LogP contribution in [0.1, 0.15) is 11.1 Å². The highest BCUT2D eigenvalue weighted by Crippen LogP contribution is 2.36. The molecule has 0 heterocycles. The molecule has 0 bridgehead atoms. The molecule has 0 aliphatic carbocycles. The molecule has 0 amide bonds. The summed E-state index contributed by atoms with van der Waals surface area (Å²) in [4.78, 5) is 0. The minimum absolute atomic E-state index is 0.0715. The van der Waals surface area contributed by atoms with E-state index in [2.05, 4.69) is 4.74 Å². The Hall–Kier alpha value is -3.88. The normalized spacial score (nSPS) is 11.6. The van der Waals surface area contributed by atoms with E-state index in [1.165, 1.54) is 31.2 Å². The van der Waals surface area contributed by atoms with Gasteiger partial charge in [0.25, 0.3) is 0 Å². The summed E-state index contributed by atoms with van der Waals surface area (Å²) in [7, 11) is 0. The molecule has 0 fully saturated rings. The topological polar surface area (TPSA) is 9.23 Å². The third-order valence-electron chi connectivity index (χ3n) is 5.29. The highest BCUT2D eigenvalue weighted by Gasteiger charge is 2.35. The smallest absolute Gasteiger partial charge is 0.426 e. The Balaban J connectivity index is 1.58. The van der Waals surface area contributed by atoms with Crippen molar-refractivity contribution in [2.24, 2.45) is 0 Å². The Bertz CT molecular complexity index is 1390. The quantitative estimate of drug-likeness (QED) is 0.200. The lowest BCUT2D eigenvalue weighted by Gasteiger charge is -2.19. The molecule has 9 heteroatoms. The van der Waals surface area contributed by atoms with Crippen molar-refractivity contribution in [3.8, 4) is 28.0 Å². The molecule has 0 spiro atoms. The number of halogens is 8. The molecule has 0 saturated carbocycles. The SMILES string of the molecule is Cc1ccc(-c2ccc(OC(F)(F)c3ccc(-c4cc(F)c(F)c(F)c4)c(F)c3)cc2)c(F)c1F. The van der Waals surface area contributed by atoms with Gasteiger partial charge in [0.2, 0.25) is 0 Å². The van der Waals surface area contributed by atoms with Crippen molar-refractivity contribution >= 4 is 0 Å². The Labute approximate surface area is 194 Å². The van der Waals surface area contributed by atoms with E-state index >= 15 is 0 Å². The maximum Gasteiger partial charge on any atom is 0.426 e. The van der Waals surface area contributed by atoms with E-state index in [9.17, 15) is 35.1 Å². The Kier molecular flexibility index (Phi) is 6.27. The molecule has 0 radical (unpaired) electrons. The minimum Gasteiger partial charge on any atom is -0.429 e. The number of benzene rings is 4. The Morgan fingerprint density at radius 3 is 1.77 bits per heavy atom. The first-order valence-electron chi connectivity index (χ1n) is 10.0. The van der Waals surface area contributed by atoms with Crippen LogP contribution in [-0.4, -0.2) is 0 Å². The molecule has 4 aromatic carbocycles. The third kappa shape index (κ3) is 4.71. The fourth-order valence-electron chi connectivity index (χ4n) is 3.42. The minimum atomic E-state index is -4.03. The van der Waals surface area contributed by atoms with Gasteiger partial charge in [-0.1, -0.05) is 30.3 Å². The second-order valence-corrected chi connectivity index (χ2v) is 7.65. The summed E-state index contributed by atoms with van der Waals surface area (Å²) in [5.74, 6) is -8.57. The van der Waals surface area contributed by atoms with Crippen molar-refractivity contribution in [3.05, 3.63) is 113 Å². The summed E-state index contributed by atoms with van der Waals surface area (Å²) < 4.78 is 117. The van der Waals surface area contributed by atoms with E-state index in [4.69, 9.17) is 0 Å². The molecule has 4 aromatic rings. The fourth-order valence-corrected chi connectivity index (χ4v) is 3.42. The van der Waals surface area contributed by atoms with Gasteiger partial charge in [0.1, 0.15) is 11.6 Å². The van der Waals surface area contributed by atoms with Crippen LogP contribution in [0, 0.1) is 41.8 Å². The molecule has 0 aromatic heterocycles. The molecule has 0 aliphatic heterocycles. The molecular weight excluding hydrogens is 480 g/mol. The van der Waals surface area contributed by atoms with Crippen LogP contribution in [0.2, 0.25) is 0 Å². The molecule has 0 unspecified atom stereocenters. The van der Waals surface area contributed by atoms with Gasteiger partial charge in [0.05, 0.1) is 5.56 Å². The van der Waals surface area contributed by atoms with Crippen molar-refractivity contribution < 1.29 is 39.9 Å². The van der Waals surface area contributed by atoms with Crippen molar-refractivity contribution in [2.45, 2.75) is 13.0 Å². The van der Waals surface area contributed by atoms with E-state index in [1.807, 2.05) is 0 Å². The second-order valence-electron chi connectivity index (χ2n) is 7.65. The van der Waals surface area contributed by atoms with Gasteiger partial charge in [0, 0.05) is 11.1 Å². The van der Waals surface area contributed by atoms with Crippen molar-refractivity contribution in [1.29, 1.82) is 0 Å². The maximum atomic E-state index is 14.7. The van der Waals surface area contributed by atoms with Crippen LogP contribution in [0.3, 0.4) is 0 Å². The van der Waals surface area contributed by atoms with Crippen molar-refractivity contribution in [1.82, 2.24) is 0 Å². The summed E-state index contributed by atoms with van der Waals surface area (Å²) in [6.45, 7) is 1.40. The number of rotatable bonds is 5. The zero-order valence-corrected chi connectivity index (χ0v) is 17.8. The standard InChI is InChI=1S/C26H14F8O/c1-13-2-8-19(24(31)23(13)30)14-3-6-17(7-4-14)35-26(33,34)16-5-9-18(20(27)12-16)15-10-21(28)25(32)22(29)11-15/h2-12H,1H3. The summed E-state index contributed by atoms with van der Waals surface area (Å²) in [5, 5.41) is 0. The number of ether oxygens (including phenoxy) is 1. The van der Waals surface area contributed by atoms with Gasteiger partial charge in [0.15, 0.2) is 29.1 Å². The number of alkyl halides is 2. The second kappa shape index (κ2) is 9.05. The van der Waals surface area contributed by atoms with E-state index < -0.39 is 52.1 Å². The lowest BCUT2D eigenvalue weighted by molar-refractivity contribution is -0.185. The summed E-state index contributed by atoms with van der Waals surface area (Å²) >= 11 is 0. The van der Waals surface area contributed by atoms with Gasteiger partial charge >= 0.3 is 6.11 Å². The monoisotopic (exact) mass is 494 g/mol. The molecule has 1 nitrogen and oxygen atoms in total. The molecule has 0 N–H and O–H groups in total. The molecule has 0 atom stereocenters. The number of hydrogen-bond donors (Lipinski definition) is 0. The number of hydrogen-bond acceptors (Lipinski definition) is 1. The van der Waals surface area contributed by atoms with Crippen LogP contribution in [0.5, 0.6) is 5.75 Å². The molecule has 35 heavy (non-hydrogen) atoms. The highest BCUT2D eigenvalue weighted by molar-refractivity contribution is 5.66. The first-order valence-corrected chi connectivity index (χ1v) is 10.0. The zero-order chi connectivity index (χ0) is 25.5. The first-order chi connectivity index (χ1) is 16.5. The predicted octanol–water partition coefficient (Wildman–Crippen LogP) is 8.29. The van der Waals surface area contributed by atoms with Crippen LogP contribution in [0.4, 0.5) is 35.1 Å². The fraction of sp³-hybridized carbons (Fsp3) is 0.0769. The maximum absolute atomic E-state index is 14.7. The summed E-state index contributed by atoms with van der Waals surface area (Å²) in [5.41, 5.74) is -1.47. The Morgan fingerprint density at radius 2 is 1.17 bits per heavy atom. The summed E-state index contributed by atoms with van der Waals surface area (Å²) in [6, 6.07) is 10.6. The van der Waals surface area contributed by atoms with Gasteiger partial charge < -0.3 is 4.74 Å². The summed E-state index contributed by atoms with van der Waals surface area (Å²) in [6.07, 6.45) is -4.03. The lowest BCUT2D eigenvalue weighted by atomic mass is 10.0. The van der Waals surface area contributed by atoms with Crippen LogP contribution in [-0.2, 0) is 6.11 Å². The van der Waals surface area contributed by atoms with Gasteiger partial charge in [-0.3, -0.25) is 0 Å².